The van der Waals surface area contributed by atoms with Crippen LogP contribution in [0.25, 0.3) is 10.6 Å². The van der Waals surface area contributed by atoms with Gasteiger partial charge in [-0.15, -0.1) is 11.3 Å². The number of hydrogen-bond donors (Lipinski definition) is 1. The van der Waals surface area contributed by atoms with E-state index in [9.17, 15) is 18.0 Å². The molecule has 0 aliphatic rings. The molecule has 8 heteroatoms. The summed E-state index contributed by atoms with van der Waals surface area (Å²) in [6.45, 7) is 2.31. The number of thiazole rings is 1. The number of benzene rings is 2. The van der Waals surface area contributed by atoms with Gasteiger partial charge in [0.1, 0.15) is 10.8 Å². The van der Waals surface area contributed by atoms with Crippen molar-refractivity contribution in [1.29, 1.82) is 0 Å². The number of carboxylic acid groups (broad SMARTS) is 1. The minimum absolute atomic E-state index is 0.0894. The Bertz CT molecular complexity index is 996. The van der Waals surface area contributed by atoms with Crippen molar-refractivity contribution < 1.29 is 27.8 Å². The smallest absolute Gasteiger partial charge is 0.416 e. The van der Waals surface area contributed by atoms with Crippen LogP contribution in [0.15, 0.2) is 48.5 Å². The van der Waals surface area contributed by atoms with Gasteiger partial charge in [-0.3, -0.25) is 4.79 Å². The summed E-state index contributed by atoms with van der Waals surface area (Å²) in [5.74, 6) is -0.134. The zero-order valence-corrected chi connectivity index (χ0v) is 17.0. The van der Waals surface area contributed by atoms with Crippen LogP contribution in [-0.4, -0.2) is 22.7 Å². The predicted octanol–water partition coefficient (Wildman–Crippen LogP) is 5.78. The number of halogens is 3. The number of aliphatic carboxylic acids is 1. The van der Waals surface area contributed by atoms with Crippen molar-refractivity contribution in [2.24, 2.45) is 0 Å². The molecule has 0 amide bonds. The van der Waals surface area contributed by atoms with Crippen LogP contribution in [0.2, 0.25) is 0 Å². The molecule has 1 N–H and O–H groups in total. The molecule has 0 bridgehead atoms. The fraction of sp³-hybridized carbons (Fsp3) is 0.273. The third-order valence-corrected chi connectivity index (χ3v) is 5.77. The van der Waals surface area contributed by atoms with Crippen molar-refractivity contribution in [2.45, 2.75) is 32.4 Å². The van der Waals surface area contributed by atoms with Crippen LogP contribution in [0.3, 0.4) is 0 Å². The predicted molar refractivity (Wildman–Crippen MR) is 109 cm³/mol. The highest BCUT2D eigenvalue weighted by Crippen LogP contribution is 2.33. The van der Waals surface area contributed by atoms with E-state index in [0.29, 0.717) is 35.8 Å². The number of carboxylic acids is 1. The fourth-order valence-corrected chi connectivity index (χ4v) is 3.90. The van der Waals surface area contributed by atoms with Crippen LogP contribution >= 0.6 is 11.3 Å². The van der Waals surface area contributed by atoms with Crippen molar-refractivity contribution in [3.8, 4) is 16.3 Å². The molecule has 0 radical (unpaired) electrons. The van der Waals surface area contributed by atoms with Crippen molar-refractivity contribution in [3.63, 3.8) is 0 Å². The molecular weight excluding hydrogens is 415 g/mol. The van der Waals surface area contributed by atoms with Gasteiger partial charge in [-0.05, 0) is 43.2 Å². The first-order valence-corrected chi connectivity index (χ1v) is 10.1. The van der Waals surface area contributed by atoms with Gasteiger partial charge in [-0.1, -0.05) is 24.3 Å². The molecule has 0 saturated carbocycles. The van der Waals surface area contributed by atoms with Crippen molar-refractivity contribution >= 4 is 17.3 Å². The molecule has 2 aromatic carbocycles. The topological polar surface area (TPSA) is 59.4 Å². The second-order valence-electron chi connectivity index (χ2n) is 6.74. The molecule has 30 heavy (non-hydrogen) atoms. The maximum Gasteiger partial charge on any atom is 0.416 e. The summed E-state index contributed by atoms with van der Waals surface area (Å²) in [4.78, 5) is 16.1. The first-order chi connectivity index (χ1) is 14.2. The van der Waals surface area contributed by atoms with Crippen LogP contribution in [0, 0.1) is 6.92 Å². The largest absolute Gasteiger partial charge is 0.493 e. The van der Waals surface area contributed by atoms with Gasteiger partial charge in [0.15, 0.2) is 0 Å². The molecular formula is C22H20F3NO3S. The Labute approximate surface area is 176 Å². The Kier molecular flexibility index (Phi) is 6.77. The van der Waals surface area contributed by atoms with E-state index in [1.54, 1.807) is 0 Å². The maximum atomic E-state index is 12.7. The van der Waals surface area contributed by atoms with E-state index >= 15 is 0 Å². The third kappa shape index (κ3) is 5.82. The molecule has 0 aliphatic heterocycles. The van der Waals surface area contributed by atoms with Crippen molar-refractivity contribution in [1.82, 2.24) is 4.98 Å². The second-order valence-corrected chi connectivity index (χ2v) is 7.82. The number of hydrogen-bond acceptors (Lipinski definition) is 4. The molecule has 0 aliphatic carbocycles. The van der Waals surface area contributed by atoms with E-state index in [4.69, 9.17) is 9.84 Å². The standard InChI is InChI=1S/C22H20F3NO3S/c1-14-19(12-13-29-18-9-2-15(3-10-18)4-11-20(27)28)30-21(26-14)16-5-7-17(8-6-16)22(23,24)25/h2-3,5-10H,4,11-13H2,1H3,(H,27,28). The van der Waals surface area contributed by atoms with Gasteiger partial charge in [0.2, 0.25) is 0 Å². The zero-order valence-electron chi connectivity index (χ0n) is 16.2. The number of nitrogens with zero attached hydrogens (tertiary/aromatic N) is 1. The highest BCUT2D eigenvalue weighted by atomic mass is 32.1. The Morgan fingerprint density at radius 3 is 2.33 bits per heavy atom. The van der Waals surface area contributed by atoms with Crippen LogP contribution in [0.1, 0.15) is 28.1 Å². The monoisotopic (exact) mass is 435 g/mol. The summed E-state index contributed by atoms with van der Waals surface area (Å²) in [5, 5.41) is 9.40. The summed E-state index contributed by atoms with van der Waals surface area (Å²) < 4.78 is 43.9. The summed E-state index contributed by atoms with van der Waals surface area (Å²) in [7, 11) is 0. The molecule has 1 heterocycles. The number of carbonyl (C=O) groups is 1. The summed E-state index contributed by atoms with van der Waals surface area (Å²) in [6.07, 6.45) is -3.16. The van der Waals surface area contributed by atoms with E-state index in [2.05, 4.69) is 4.98 Å². The van der Waals surface area contributed by atoms with Crippen molar-refractivity contribution in [2.75, 3.05) is 6.61 Å². The lowest BCUT2D eigenvalue weighted by Crippen LogP contribution is -2.03. The van der Waals surface area contributed by atoms with Gasteiger partial charge in [0, 0.05) is 23.3 Å². The van der Waals surface area contributed by atoms with E-state index in [0.717, 1.165) is 28.3 Å². The quantitative estimate of drug-likeness (QED) is 0.488. The second kappa shape index (κ2) is 9.30. The SMILES string of the molecule is Cc1nc(-c2ccc(C(F)(F)F)cc2)sc1CCOc1ccc(CCC(=O)O)cc1. The molecule has 0 spiro atoms. The summed E-state index contributed by atoms with van der Waals surface area (Å²) in [5.41, 5.74) is 1.74. The van der Waals surface area contributed by atoms with Gasteiger partial charge < -0.3 is 9.84 Å². The van der Waals surface area contributed by atoms with Gasteiger partial charge in [-0.2, -0.15) is 13.2 Å². The Balaban J connectivity index is 1.57. The lowest BCUT2D eigenvalue weighted by Gasteiger charge is -2.07. The van der Waals surface area contributed by atoms with Crippen LogP contribution in [0.4, 0.5) is 13.2 Å². The first-order valence-electron chi connectivity index (χ1n) is 9.30. The van der Waals surface area contributed by atoms with Gasteiger partial charge >= 0.3 is 12.1 Å². The van der Waals surface area contributed by atoms with E-state index in [1.165, 1.54) is 23.5 Å². The average molecular weight is 435 g/mol. The highest BCUT2D eigenvalue weighted by Gasteiger charge is 2.30. The lowest BCUT2D eigenvalue weighted by molar-refractivity contribution is -0.138. The van der Waals surface area contributed by atoms with Crippen LogP contribution in [0.5, 0.6) is 5.75 Å². The Hall–Kier alpha value is -2.87. The van der Waals surface area contributed by atoms with E-state index in [-0.39, 0.29) is 6.42 Å². The average Bonchev–Trinajstić information content (AvgIpc) is 3.07. The number of aryl methyl sites for hydroxylation is 2. The molecule has 3 rings (SSSR count). The lowest BCUT2D eigenvalue weighted by atomic mass is 10.1. The highest BCUT2D eigenvalue weighted by molar-refractivity contribution is 7.15. The Morgan fingerprint density at radius 2 is 1.73 bits per heavy atom. The molecule has 3 aromatic rings. The zero-order chi connectivity index (χ0) is 21.7. The van der Waals surface area contributed by atoms with E-state index in [1.807, 2.05) is 31.2 Å². The first kappa shape index (κ1) is 21.8. The van der Waals surface area contributed by atoms with E-state index < -0.39 is 17.7 Å². The number of aromatic nitrogens is 1. The summed E-state index contributed by atoms with van der Waals surface area (Å²) >= 11 is 1.44. The van der Waals surface area contributed by atoms with Crippen LogP contribution < -0.4 is 4.74 Å². The normalized spacial score (nSPS) is 11.5. The molecule has 0 fully saturated rings. The minimum atomic E-state index is -4.35. The number of ether oxygens (including phenoxy) is 1. The maximum absolute atomic E-state index is 12.7. The number of rotatable bonds is 8. The molecule has 1 aromatic heterocycles. The summed E-state index contributed by atoms with van der Waals surface area (Å²) in [6, 6.07) is 12.3. The van der Waals surface area contributed by atoms with Gasteiger partial charge in [0.05, 0.1) is 17.9 Å². The Morgan fingerprint density at radius 1 is 1.07 bits per heavy atom. The molecule has 0 saturated heterocycles. The van der Waals surface area contributed by atoms with Crippen molar-refractivity contribution in [3.05, 3.63) is 70.2 Å². The molecule has 158 valence electrons. The van der Waals surface area contributed by atoms with Gasteiger partial charge in [0.25, 0.3) is 0 Å². The molecule has 0 unspecified atom stereocenters. The fourth-order valence-electron chi connectivity index (χ4n) is 2.85. The van der Waals surface area contributed by atoms with Gasteiger partial charge in [-0.25, -0.2) is 4.98 Å². The van der Waals surface area contributed by atoms with Crippen LogP contribution in [-0.2, 0) is 23.8 Å². The minimum Gasteiger partial charge on any atom is -0.493 e. The molecule has 0 atom stereocenters. The number of alkyl halides is 3. The molecule has 4 nitrogen and oxygen atoms in total. The third-order valence-electron chi connectivity index (χ3n) is 4.50.